The van der Waals surface area contributed by atoms with Gasteiger partial charge >= 0.3 is 0 Å². The van der Waals surface area contributed by atoms with Crippen LogP contribution in [0.4, 0.5) is 0 Å². The van der Waals surface area contributed by atoms with Gasteiger partial charge in [0.2, 0.25) is 0 Å². The van der Waals surface area contributed by atoms with Crippen LogP contribution in [0.25, 0.3) is 0 Å². The van der Waals surface area contributed by atoms with E-state index in [1.54, 1.807) is 5.57 Å². The Labute approximate surface area is 128 Å². The van der Waals surface area contributed by atoms with Crippen LogP contribution in [-0.2, 0) is 9.47 Å². The molecular weight excluding hydrogens is 264 g/mol. The highest BCUT2D eigenvalue weighted by Crippen LogP contribution is 2.23. The van der Waals surface area contributed by atoms with Gasteiger partial charge in [0.25, 0.3) is 0 Å². The Morgan fingerprint density at radius 1 is 0.762 bits per heavy atom. The number of rotatable bonds is 3. The summed E-state index contributed by atoms with van der Waals surface area (Å²) in [6.45, 7) is 7.41. The number of hydrogen-bond acceptors (Lipinski definition) is 4. The molecule has 0 N–H and O–H groups in total. The predicted molar refractivity (Wildman–Crippen MR) is 84.0 cm³/mol. The van der Waals surface area contributed by atoms with Crippen molar-refractivity contribution < 1.29 is 9.47 Å². The average Bonchev–Trinajstić information content (AvgIpc) is 2.58. The molecule has 4 nitrogen and oxygen atoms in total. The van der Waals surface area contributed by atoms with Gasteiger partial charge in [-0.2, -0.15) is 0 Å². The molecule has 0 spiro atoms. The van der Waals surface area contributed by atoms with E-state index in [1.807, 2.05) is 0 Å². The Hall–Kier alpha value is -1.00. The van der Waals surface area contributed by atoms with Crippen molar-refractivity contribution in [1.82, 2.24) is 9.80 Å². The molecule has 3 fully saturated rings. The van der Waals surface area contributed by atoms with Crippen LogP contribution in [0.2, 0.25) is 0 Å². The SMILES string of the molecule is C(C=C(N1CCOCC1)N1CCOCC1)=C1CCCCC1. The normalized spacial score (nSPS) is 23.9. The summed E-state index contributed by atoms with van der Waals surface area (Å²) in [5.74, 6) is 1.37. The maximum absolute atomic E-state index is 5.50. The van der Waals surface area contributed by atoms with Crippen LogP contribution in [-0.4, -0.2) is 62.4 Å². The molecule has 0 aromatic rings. The molecule has 0 aromatic heterocycles. The third-order valence-electron chi connectivity index (χ3n) is 4.63. The molecule has 1 saturated carbocycles. The van der Waals surface area contributed by atoms with Crippen LogP contribution >= 0.6 is 0 Å². The number of ether oxygens (including phenoxy) is 2. The second-order valence-corrected chi connectivity index (χ2v) is 6.11. The van der Waals surface area contributed by atoms with Crippen molar-refractivity contribution in [1.29, 1.82) is 0 Å². The lowest BCUT2D eigenvalue weighted by Crippen LogP contribution is -2.45. The van der Waals surface area contributed by atoms with Crippen LogP contribution in [0.3, 0.4) is 0 Å². The summed E-state index contributed by atoms with van der Waals surface area (Å²) in [4.78, 5) is 4.96. The van der Waals surface area contributed by atoms with Crippen molar-refractivity contribution in [2.45, 2.75) is 32.1 Å². The first-order chi connectivity index (χ1) is 10.4. The highest BCUT2D eigenvalue weighted by Gasteiger charge is 2.20. The van der Waals surface area contributed by atoms with Gasteiger partial charge in [0.15, 0.2) is 0 Å². The second-order valence-electron chi connectivity index (χ2n) is 6.11. The Morgan fingerprint density at radius 2 is 1.29 bits per heavy atom. The first-order valence-electron chi connectivity index (χ1n) is 8.48. The molecule has 0 aromatic carbocycles. The molecule has 3 rings (SSSR count). The molecule has 21 heavy (non-hydrogen) atoms. The highest BCUT2D eigenvalue weighted by atomic mass is 16.5. The molecule has 0 radical (unpaired) electrons. The van der Waals surface area contributed by atoms with Gasteiger partial charge in [-0.1, -0.05) is 18.1 Å². The van der Waals surface area contributed by atoms with Crippen molar-refractivity contribution >= 4 is 0 Å². The van der Waals surface area contributed by atoms with Crippen LogP contribution in [0, 0.1) is 0 Å². The molecule has 2 saturated heterocycles. The number of nitrogens with zero attached hydrogens (tertiary/aromatic N) is 2. The zero-order chi connectivity index (χ0) is 14.3. The smallest absolute Gasteiger partial charge is 0.104 e. The quantitative estimate of drug-likeness (QED) is 0.797. The fourth-order valence-electron chi connectivity index (χ4n) is 3.36. The minimum absolute atomic E-state index is 0.845. The second kappa shape index (κ2) is 7.85. The summed E-state index contributed by atoms with van der Waals surface area (Å²) in [6, 6.07) is 0. The maximum atomic E-state index is 5.50. The summed E-state index contributed by atoms with van der Waals surface area (Å²) in [5.41, 5.74) is 1.63. The van der Waals surface area contributed by atoms with Crippen molar-refractivity contribution in [3.8, 4) is 0 Å². The minimum atomic E-state index is 0.845. The largest absolute Gasteiger partial charge is 0.378 e. The van der Waals surface area contributed by atoms with Gasteiger partial charge in [0, 0.05) is 26.2 Å². The summed E-state index contributed by atoms with van der Waals surface area (Å²) in [5, 5.41) is 0. The van der Waals surface area contributed by atoms with Gasteiger partial charge in [-0.3, -0.25) is 0 Å². The monoisotopic (exact) mass is 292 g/mol. The molecule has 2 heterocycles. The Kier molecular flexibility index (Phi) is 5.58. The molecular formula is C17H28N2O2. The van der Waals surface area contributed by atoms with E-state index in [-0.39, 0.29) is 0 Å². The lowest BCUT2D eigenvalue weighted by molar-refractivity contribution is 0.00868. The lowest BCUT2D eigenvalue weighted by Gasteiger charge is -2.39. The summed E-state index contributed by atoms with van der Waals surface area (Å²) >= 11 is 0. The van der Waals surface area contributed by atoms with E-state index in [9.17, 15) is 0 Å². The summed E-state index contributed by atoms with van der Waals surface area (Å²) in [7, 11) is 0. The van der Waals surface area contributed by atoms with Gasteiger partial charge in [-0.25, -0.2) is 0 Å². The minimum Gasteiger partial charge on any atom is -0.378 e. The number of hydrogen-bond donors (Lipinski definition) is 0. The van der Waals surface area contributed by atoms with Crippen molar-refractivity contribution in [2.24, 2.45) is 0 Å². The summed E-state index contributed by atoms with van der Waals surface area (Å²) < 4.78 is 11.0. The first-order valence-corrected chi connectivity index (χ1v) is 8.48. The standard InChI is InChI=1S/C17H28N2O2/c1-2-4-16(5-3-1)6-7-17(18-8-12-20-13-9-18)19-10-14-21-15-11-19/h6-7H,1-5,8-15H2. The predicted octanol–water partition coefficient (Wildman–Crippen LogP) is 2.38. The molecule has 0 bridgehead atoms. The number of morpholine rings is 2. The molecule has 118 valence electrons. The molecule has 0 unspecified atom stereocenters. The summed E-state index contributed by atoms with van der Waals surface area (Å²) in [6.07, 6.45) is 11.5. The molecule has 0 atom stereocenters. The topological polar surface area (TPSA) is 24.9 Å². The van der Waals surface area contributed by atoms with Gasteiger partial charge in [0.1, 0.15) is 5.82 Å². The van der Waals surface area contributed by atoms with Crippen LogP contribution in [0.1, 0.15) is 32.1 Å². The Balaban J connectivity index is 1.73. The fourth-order valence-corrected chi connectivity index (χ4v) is 3.36. The lowest BCUT2D eigenvalue weighted by atomic mass is 9.95. The van der Waals surface area contributed by atoms with Gasteiger partial charge in [0.05, 0.1) is 26.4 Å². The average molecular weight is 292 g/mol. The fraction of sp³-hybridized carbons (Fsp3) is 0.765. The van der Waals surface area contributed by atoms with Gasteiger partial charge in [-0.15, -0.1) is 0 Å². The Morgan fingerprint density at radius 3 is 1.81 bits per heavy atom. The van der Waals surface area contributed by atoms with Crippen molar-refractivity contribution in [3.05, 3.63) is 23.5 Å². The van der Waals surface area contributed by atoms with Crippen molar-refractivity contribution in [2.75, 3.05) is 52.6 Å². The number of allylic oxidation sites excluding steroid dienone is 3. The van der Waals surface area contributed by atoms with E-state index in [1.165, 1.54) is 37.9 Å². The molecule has 2 aliphatic heterocycles. The zero-order valence-electron chi connectivity index (χ0n) is 13.1. The zero-order valence-corrected chi connectivity index (χ0v) is 13.1. The van der Waals surface area contributed by atoms with E-state index >= 15 is 0 Å². The van der Waals surface area contributed by atoms with Crippen LogP contribution in [0.5, 0.6) is 0 Å². The van der Waals surface area contributed by atoms with Gasteiger partial charge < -0.3 is 19.3 Å². The Bertz CT molecular complexity index is 352. The third kappa shape index (κ3) is 4.24. The van der Waals surface area contributed by atoms with Crippen molar-refractivity contribution in [3.63, 3.8) is 0 Å². The van der Waals surface area contributed by atoms with E-state index in [0.29, 0.717) is 0 Å². The van der Waals surface area contributed by atoms with E-state index in [2.05, 4.69) is 22.0 Å². The first kappa shape index (κ1) is 14.9. The molecule has 0 amide bonds. The molecule has 3 aliphatic rings. The van der Waals surface area contributed by atoms with Crippen LogP contribution < -0.4 is 0 Å². The van der Waals surface area contributed by atoms with Crippen LogP contribution in [0.15, 0.2) is 23.5 Å². The molecule has 1 aliphatic carbocycles. The molecule has 4 heteroatoms. The maximum Gasteiger partial charge on any atom is 0.104 e. The third-order valence-corrected chi connectivity index (χ3v) is 4.63. The van der Waals surface area contributed by atoms with E-state index in [0.717, 1.165) is 52.6 Å². The highest BCUT2D eigenvalue weighted by molar-refractivity contribution is 5.18. The van der Waals surface area contributed by atoms with Gasteiger partial charge in [-0.05, 0) is 31.8 Å². The van der Waals surface area contributed by atoms with E-state index < -0.39 is 0 Å². The van der Waals surface area contributed by atoms with E-state index in [4.69, 9.17) is 9.47 Å².